The van der Waals surface area contributed by atoms with E-state index in [1.807, 2.05) is 32.9 Å². The van der Waals surface area contributed by atoms with Crippen molar-refractivity contribution in [2.24, 2.45) is 5.14 Å². The number of hydrogen-bond donors (Lipinski definition) is 1. The Kier molecular flexibility index (Phi) is 3.40. The molecule has 2 rings (SSSR count). The first-order valence-electron chi connectivity index (χ1n) is 6.10. The van der Waals surface area contributed by atoms with Crippen molar-refractivity contribution in [3.63, 3.8) is 0 Å². The van der Waals surface area contributed by atoms with Crippen molar-refractivity contribution < 1.29 is 13.2 Å². The van der Waals surface area contributed by atoms with Gasteiger partial charge in [-0.2, -0.15) is 0 Å². The third-order valence-corrected chi connectivity index (χ3v) is 4.70. The van der Waals surface area contributed by atoms with Crippen molar-refractivity contribution >= 4 is 21.6 Å². The molecule has 1 fully saturated rings. The van der Waals surface area contributed by atoms with Crippen LogP contribution in [0.2, 0.25) is 0 Å². The fourth-order valence-corrected chi connectivity index (χ4v) is 3.44. The highest BCUT2D eigenvalue weighted by Crippen LogP contribution is 2.31. The van der Waals surface area contributed by atoms with Crippen LogP contribution in [0.25, 0.3) is 0 Å². The minimum absolute atomic E-state index is 0.0361. The lowest BCUT2D eigenvalue weighted by Gasteiger charge is -2.22. The molecule has 1 aromatic rings. The van der Waals surface area contributed by atoms with Crippen molar-refractivity contribution in [3.05, 3.63) is 28.8 Å². The van der Waals surface area contributed by atoms with Gasteiger partial charge in [-0.15, -0.1) is 0 Å². The Morgan fingerprint density at radius 1 is 1.21 bits per heavy atom. The third-order valence-electron chi connectivity index (χ3n) is 3.46. The summed E-state index contributed by atoms with van der Waals surface area (Å²) in [5.41, 5.74) is 3.87. The van der Waals surface area contributed by atoms with Crippen LogP contribution in [-0.2, 0) is 14.8 Å². The molecule has 1 heterocycles. The number of carbonyl (C=O) groups excluding carboxylic acids is 1. The number of carbonyl (C=O) groups is 1. The Hall–Kier alpha value is -1.40. The second-order valence-electron chi connectivity index (χ2n) is 5.17. The molecule has 0 spiro atoms. The minimum atomic E-state index is -3.67. The summed E-state index contributed by atoms with van der Waals surface area (Å²) in [5.74, 6) is -0.186. The molecule has 2 N–H and O–H groups in total. The lowest BCUT2D eigenvalue weighted by molar-refractivity contribution is -0.117. The molecule has 0 radical (unpaired) electrons. The minimum Gasteiger partial charge on any atom is -0.310 e. The number of primary sulfonamides is 1. The van der Waals surface area contributed by atoms with Gasteiger partial charge in [0.05, 0.1) is 0 Å². The summed E-state index contributed by atoms with van der Waals surface area (Å²) < 4.78 is 22.8. The molecule has 1 unspecified atom stereocenters. The van der Waals surface area contributed by atoms with Gasteiger partial charge >= 0.3 is 0 Å². The molecule has 0 saturated carbocycles. The molecule has 5 nitrogen and oxygen atoms in total. The zero-order chi connectivity index (χ0) is 14.4. The highest BCUT2D eigenvalue weighted by atomic mass is 32.2. The van der Waals surface area contributed by atoms with E-state index in [9.17, 15) is 13.2 Å². The number of sulfonamides is 1. The molecule has 0 aliphatic carbocycles. The second kappa shape index (κ2) is 4.61. The molecular weight excluding hydrogens is 264 g/mol. The zero-order valence-electron chi connectivity index (χ0n) is 11.3. The first-order valence-corrected chi connectivity index (χ1v) is 7.71. The van der Waals surface area contributed by atoms with E-state index >= 15 is 0 Å². The van der Waals surface area contributed by atoms with Crippen LogP contribution in [0.4, 0.5) is 5.69 Å². The molecule has 104 valence electrons. The molecule has 1 aliphatic rings. The number of nitrogens with two attached hydrogens (primary N) is 1. The van der Waals surface area contributed by atoms with Crippen LogP contribution in [0.5, 0.6) is 0 Å². The summed E-state index contributed by atoms with van der Waals surface area (Å²) in [6, 6.07) is 3.97. The summed E-state index contributed by atoms with van der Waals surface area (Å²) in [6.07, 6.45) is -0.0361. The Balaban J connectivity index is 2.42. The van der Waals surface area contributed by atoms with Crippen LogP contribution in [0.1, 0.15) is 23.1 Å². The quantitative estimate of drug-likeness (QED) is 0.879. The Bertz CT molecular complexity index is 614. The maximum Gasteiger partial charge on any atom is 0.228 e. The number of aryl methyl sites for hydroxylation is 3. The maximum absolute atomic E-state index is 12.0. The predicted octanol–water partition coefficient (Wildman–Crippen LogP) is 1.01. The standard InChI is InChI=1S/C13H18N2O3S/c1-8-4-9(2)13(10(3)5-8)15-7-11(6-12(15)16)19(14,17)18/h4-5,11H,6-7H2,1-3H3,(H2,14,17,18). The maximum atomic E-state index is 12.0. The van der Waals surface area contributed by atoms with Gasteiger partial charge in [-0.3, -0.25) is 4.79 Å². The lowest BCUT2D eigenvalue weighted by Crippen LogP contribution is -2.32. The van der Waals surface area contributed by atoms with Gasteiger partial charge < -0.3 is 4.90 Å². The van der Waals surface area contributed by atoms with E-state index in [0.717, 1.165) is 22.4 Å². The molecular formula is C13H18N2O3S. The molecule has 1 atom stereocenters. The average molecular weight is 282 g/mol. The molecule has 1 aromatic carbocycles. The van der Waals surface area contributed by atoms with E-state index in [1.165, 1.54) is 0 Å². The SMILES string of the molecule is Cc1cc(C)c(N2CC(S(N)(=O)=O)CC2=O)c(C)c1. The van der Waals surface area contributed by atoms with E-state index < -0.39 is 15.3 Å². The molecule has 0 aromatic heterocycles. The number of amides is 1. The first kappa shape index (κ1) is 14.0. The van der Waals surface area contributed by atoms with Gasteiger partial charge in [-0.1, -0.05) is 17.7 Å². The topological polar surface area (TPSA) is 80.5 Å². The van der Waals surface area contributed by atoms with Gasteiger partial charge in [0.2, 0.25) is 15.9 Å². The second-order valence-corrected chi connectivity index (χ2v) is 7.01. The number of anilines is 1. The van der Waals surface area contributed by atoms with Gasteiger partial charge in [0.1, 0.15) is 5.25 Å². The number of rotatable bonds is 2. The largest absolute Gasteiger partial charge is 0.310 e. The van der Waals surface area contributed by atoms with E-state index in [1.54, 1.807) is 4.90 Å². The van der Waals surface area contributed by atoms with E-state index in [4.69, 9.17) is 5.14 Å². The molecule has 1 saturated heterocycles. The average Bonchev–Trinajstić information content (AvgIpc) is 2.59. The molecule has 19 heavy (non-hydrogen) atoms. The van der Waals surface area contributed by atoms with Crippen LogP contribution in [0.15, 0.2) is 12.1 Å². The van der Waals surface area contributed by atoms with E-state index in [0.29, 0.717) is 0 Å². The predicted molar refractivity (Wildman–Crippen MR) is 74.5 cm³/mol. The fraction of sp³-hybridized carbons (Fsp3) is 0.462. The number of hydrogen-bond acceptors (Lipinski definition) is 3. The molecule has 1 aliphatic heterocycles. The van der Waals surface area contributed by atoms with Crippen LogP contribution in [-0.4, -0.2) is 26.1 Å². The molecule has 1 amide bonds. The van der Waals surface area contributed by atoms with Gasteiger partial charge in [0.15, 0.2) is 0 Å². The monoisotopic (exact) mass is 282 g/mol. The fourth-order valence-electron chi connectivity index (χ4n) is 2.71. The van der Waals surface area contributed by atoms with Crippen molar-refractivity contribution in [3.8, 4) is 0 Å². The number of benzene rings is 1. The smallest absolute Gasteiger partial charge is 0.228 e. The van der Waals surface area contributed by atoms with Crippen LogP contribution in [0.3, 0.4) is 0 Å². The van der Waals surface area contributed by atoms with Crippen LogP contribution >= 0.6 is 0 Å². The molecule has 0 bridgehead atoms. The Labute approximate surface area is 113 Å². The van der Waals surface area contributed by atoms with E-state index in [2.05, 4.69) is 0 Å². The summed E-state index contributed by atoms with van der Waals surface area (Å²) in [5, 5.41) is 4.33. The lowest BCUT2D eigenvalue weighted by atomic mass is 10.0. The van der Waals surface area contributed by atoms with Crippen molar-refractivity contribution in [1.29, 1.82) is 0 Å². The Morgan fingerprint density at radius 3 is 2.16 bits per heavy atom. The van der Waals surface area contributed by atoms with Gasteiger partial charge in [0, 0.05) is 18.7 Å². The summed E-state index contributed by atoms with van der Waals surface area (Å²) in [6.45, 7) is 5.98. The van der Waals surface area contributed by atoms with Gasteiger partial charge in [-0.25, -0.2) is 13.6 Å². The Morgan fingerprint density at radius 2 is 1.74 bits per heavy atom. The van der Waals surface area contributed by atoms with Crippen molar-refractivity contribution in [1.82, 2.24) is 0 Å². The third kappa shape index (κ3) is 2.64. The van der Waals surface area contributed by atoms with E-state index in [-0.39, 0.29) is 18.9 Å². The highest BCUT2D eigenvalue weighted by Gasteiger charge is 2.38. The summed E-state index contributed by atoms with van der Waals surface area (Å²) in [4.78, 5) is 13.6. The normalized spacial score (nSPS) is 20.1. The van der Waals surface area contributed by atoms with Crippen molar-refractivity contribution in [2.45, 2.75) is 32.4 Å². The van der Waals surface area contributed by atoms with Gasteiger partial charge in [-0.05, 0) is 31.9 Å². The highest BCUT2D eigenvalue weighted by molar-refractivity contribution is 7.89. The summed E-state index contributed by atoms with van der Waals surface area (Å²) >= 11 is 0. The van der Waals surface area contributed by atoms with Crippen molar-refractivity contribution in [2.75, 3.05) is 11.4 Å². The van der Waals surface area contributed by atoms with Gasteiger partial charge in [0.25, 0.3) is 0 Å². The first-order chi connectivity index (χ1) is 8.70. The summed E-state index contributed by atoms with van der Waals surface area (Å²) in [7, 11) is -3.67. The number of nitrogens with zero attached hydrogens (tertiary/aromatic N) is 1. The zero-order valence-corrected chi connectivity index (χ0v) is 12.1. The molecule has 6 heteroatoms. The van der Waals surface area contributed by atoms with Crippen LogP contribution in [0, 0.1) is 20.8 Å². The van der Waals surface area contributed by atoms with Crippen LogP contribution < -0.4 is 10.0 Å².